The lowest BCUT2D eigenvalue weighted by Crippen LogP contribution is -2.05. The van der Waals surface area contributed by atoms with Crippen molar-refractivity contribution in [2.45, 2.75) is 12.8 Å². The van der Waals surface area contributed by atoms with Crippen molar-refractivity contribution >= 4 is 0 Å². The molecule has 40 valence electrons. The van der Waals surface area contributed by atoms with E-state index in [1.54, 1.807) is 0 Å². The van der Waals surface area contributed by atoms with Gasteiger partial charge in [-0.3, -0.25) is 0 Å². The summed E-state index contributed by atoms with van der Waals surface area (Å²) in [6.45, 7) is 4.20. The molecule has 0 aromatic carbocycles. The molecule has 1 saturated heterocycles. The lowest BCUT2D eigenvalue weighted by Gasteiger charge is -2.24. The van der Waals surface area contributed by atoms with E-state index in [9.17, 15) is 5.21 Å². The van der Waals surface area contributed by atoms with Gasteiger partial charge in [-0.2, -0.15) is 0 Å². The third kappa shape index (κ3) is 0.747. The van der Waals surface area contributed by atoms with Gasteiger partial charge in [0.2, 0.25) is 0 Å². The number of allylic oxidation sites excluding steroid dienone is 1. The zero-order valence-electron chi connectivity index (χ0n) is 4.18. The maximum atomic E-state index is 10.4. The van der Waals surface area contributed by atoms with Crippen molar-refractivity contribution in [1.82, 2.24) is 5.06 Å². The summed E-state index contributed by atoms with van der Waals surface area (Å²) in [6.07, 6.45) is 1.88. The number of rotatable bonds is 0. The van der Waals surface area contributed by atoms with Crippen LogP contribution in [0.1, 0.15) is 12.8 Å². The Morgan fingerprint density at radius 1 is 1.71 bits per heavy atom. The minimum absolute atomic E-state index is 0.652. The predicted octanol–water partition coefficient (Wildman–Crippen LogP) is 1.09. The number of nitrogens with zero attached hydrogens (tertiary/aromatic N) is 1. The van der Waals surface area contributed by atoms with Crippen LogP contribution in [-0.4, -0.2) is 11.6 Å². The Kier molecular flexibility index (Phi) is 1.02. The summed E-state index contributed by atoms with van der Waals surface area (Å²) in [6, 6.07) is 0. The molecular formula is C5H8NO-. The zero-order valence-corrected chi connectivity index (χ0v) is 4.18. The van der Waals surface area contributed by atoms with Gasteiger partial charge < -0.3 is 10.3 Å². The van der Waals surface area contributed by atoms with Gasteiger partial charge in [-0.1, -0.05) is 6.58 Å². The van der Waals surface area contributed by atoms with Crippen molar-refractivity contribution in [3.63, 3.8) is 0 Å². The van der Waals surface area contributed by atoms with Gasteiger partial charge in [-0.25, -0.2) is 0 Å². The fourth-order valence-corrected chi connectivity index (χ4v) is 0.710. The molecule has 2 nitrogen and oxygen atoms in total. The van der Waals surface area contributed by atoms with Gasteiger partial charge in [0.05, 0.1) is 0 Å². The van der Waals surface area contributed by atoms with Crippen LogP contribution in [0.25, 0.3) is 0 Å². The van der Waals surface area contributed by atoms with E-state index in [1.165, 1.54) is 0 Å². The summed E-state index contributed by atoms with van der Waals surface area (Å²) in [7, 11) is 0. The molecule has 0 radical (unpaired) electrons. The Balaban J connectivity index is 2.48. The summed E-state index contributed by atoms with van der Waals surface area (Å²) in [5.74, 6) is 0. The maximum Gasteiger partial charge on any atom is 0.00572 e. The molecule has 0 N–H and O–H groups in total. The van der Waals surface area contributed by atoms with E-state index < -0.39 is 0 Å². The first-order valence-corrected chi connectivity index (χ1v) is 2.43. The molecule has 0 atom stereocenters. The van der Waals surface area contributed by atoms with Crippen molar-refractivity contribution in [2.24, 2.45) is 0 Å². The van der Waals surface area contributed by atoms with E-state index >= 15 is 0 Å². The van der Waals surface area contributed by atoms with E-state index in [2.05, 4.69) is 6.58 Å². The van der Waals surface area contributed by atoms with Crippen LogP contribution < -0.4 is 0 Å². The normalized spacial score (nSPS) is 21.3. The second-order valence-corrected chi connectivity index (χ2v) is 1.77. The van der Waals surface area contributed by atoms with Crippen LogP contribution in [0.4, 0.5) is 0 Å². The molecule has 0 aliphatic carbocycles. The Bertz CT molecular complexity index is 90.1. The molecule has 1 heterocycles. The first-order chi connectivity index (χ1) is 3.30. The fraction of sp³-hybridized carbons (Fsp3) is 0.600. The Morgan fingerprint density at radius 3 is 2.57 bits per heavy atom. The largest absolute Gasteiger partial charge is 0.759 e. The topological polar surface area (TPSA) is 26.3 Å². The highest BCUT2D eigenvalue weighted by molar-refractivity contribution is 4.99. The lowest BCUT2D eigenvalue weighted by atomic mass is 10.3. The van der Waals surface area contributed by atoms with Gasteiger partial charge in [0.15, 0.2) is 0 Å². The lowest BCUT2D eigenvalue weighted by molar-refractivity contribution is 0.540. The van der Waals surface area contributed by atoms with Crippen molar-refractivity contribution in [3.8, 4) is 0 Å². The van der Waals surface area contributed by atoms with Crippen LogP contribution in [0.5, 0.6) is 0 Å². The monoisotopic (exact) mass is 98.1 g/mol. The standard InChI is InChI=1S/C5H8NO/c1-5-3-2-4-6(5)7/h1-4H2/q-1. The molecular weight excluding hydrogens is 90.1 g/mol. The van der Waals surface area contributed by atoms with Crippen LogP contribution in [0.15, 0.2) is 12.3 Å². The molecule has 0 unspecified atom stereocenters. The summed E-state index contributed by atoms with van der Waals surface area (Å²) in [5, 5.41) is 11.3. The second kappa shape index (κ2) is 1.54. The van der Waals surface area contributed by atoms with Gasteiger partial charge >= 0.3 is 0 Å². The Morgan fingerprint density at radius 2 is 2.43 bits per heavy atom. The van der Waals surface area contributed by atoms with Crippen molar-refractivity contribution < 1.29 is 0 Å². The smallest absolute Gasteiger partial charge is 0.00572 e. The number of hydroxylamine groups is 2. The summed E-state index contributed by atoms with van der Waals surface area (Å²) >= 11 is 0. The average Bonchev–Trinajstić information content (AvgIpc) is 1.91. The van der Waals surface area contributed by atoms with Crippen molar-refractivity contribution in [3.05, 3.63) is 17.5 Å². The first kappa shape index (κ1) is 4.65. The van der Waals surface area contributed by atoms with E-state index in [0.717, 1.165) is 23.6 Å². The number of hydrogen-bond acceptors (Lipinski definition) is 2. The van der Waals surface area contributed by atoms with Crippen LogP contribution in [0.2, 0.25) is 0 Å². The summed E-state index contributed by atoms with van der Waals surface area (Å²) < 4.78 is 0. The van der Waals surface area contributed by atoms with Gasteiger partial charge in [-0.15, -0.1) is 0 Å². The van der Waals surface area contributed by atoms with Gasteiger partial charge in [0.1, 0.15) is 0 Å². The third-order valence-electron chi connectivity index (χ3n) is 1.18. The highest BCUT2D eigenvalue weighted by atomic mass is 16.5. The van der Waals surface area contributed by atoms with Crippen LogP contribution >= 0.6 is 0 Å². The molecule has 0 amide bonds. The van der Waals surface area contributed by atoms with E-state index in [-0.39, 0.29) is 0 Å². The van der Waals surface area contributed by atoms with Crippen molar-refractivity contribution in [1.29, 1.82) is 0 Å². The molecule has 0 bridgehead atoms. The molecule has 1 rings (SSSR count). The molecule has 0 saturated carbocycles. The SMILES string of the molecule is C=C1CCCN1[O-]. The zero-order chi connectivity index (χ0) is 5.28. The summed E-state index contributed by atoms with van der Waals surface area (Å²) in [4.78, 5) is 0. The fourth-order valence-electron chi connectivity index (χ4n) is 0.710. The second-order valence-electron chi connectivity index (χ2n) is 1.77. The Hall–Kier alpha value is -0.500. The molecule has 0 aromatic rings. The van der Waals surface area contributed by atoms with Gasteiger partial charge in [-0.05, 0) is 18.5 Å². The molecule has 1 aliphatic rings. The molecule has 2 heteroatoms. The molecule has 1 fully saturated rings. The van der Waals surface area contributed by atoms with E-state index in [1.807, 2.05) is 0 Å². The number of hydrogen-bond donors (Lipinski definition) is 0. The van der Waals surface area contributed by atoms with Crippen LogP contribution in [-0.2, 0) is 0 Å². The maximum absolute atomic E-state index is 10.4. The molecule has 0 aromatic heterocycles. The third-order valence-corrected chi connectivity index (χ3v) is 1.18. The van der Waals surface area contributed by atoms with Gasteiger partial charge in [0, 0.05) is 6.54 Å². The van der Waals surface area contributed by atoms with Crippen LogP contribution in [0.3, 0.4) is 0 Å². The highest BCUT2D eigenvalue weighted by Gasteiger charge is 2.03. The minimum atomic E-state index is 0.652. The van der Waals surface area contributed by atoms with Crippen molar-refractivity contribution in [2.75, 3.05) is 6.54 Å². The van der Waals surface area contributed by atoms with Gasteiger partial charge in [0.25, 0.3) is 0 Å². The minimum Gasteiger partial charge on any atom is -0.759 e. The van der Waals surface area contributed by atoms with Crippen LogP contribution in [0, 0.1) is 5.21 Å². The average molecular weight is 98.1 g/mol. The Labute approximate surface area is 43.0 Å². The van der Waals surface area contributed by atoms with E-state index in [4.69, 9.17) is 0 Å². The molecule has 0 spiro atoms. The first-order valence-electron chi connectivity index (χ1n) is 2.43. The predicted molar refractivity (Wildman–Crippen MR) is 28.4 cm³/mol. The van der Waals surface area contributed by atoms with E-state index in [0.29, 0.717) is 6.54 Å². The quantitative estimate of drug-likeness (QED) is 0.453. The molecule has 7 heavy (non-hydrogen) atoms. The highest BCUT2D eigenvalue weighted by Crippen LogP contribution is 2.15. The molecule has 1 aliphatic heterocycles. The summed E-state index contributed by atoms with van der Waals surface area (Å²) in [5.41, 5.74) is 0.736.